The van der Waals surface area contributed by atoms with Gasteiger partial charge in [0.2, 0.25) is 0 Å². The van der Waals surface area contributed by atoms with Crippen LogP contribution in [0.1, 0.15) is 21.6 Å². The summed E-state index contributed by atoms with van der Waals surface area (Å²) in [5, 5.41) is 14.5. The molecule has 0 saturated carbocycles. The van der Waals surface area contributed by atoms with Crippen molar-refractivity contribution in [2.75, 3.05) is 0 Å². The third-order valence-electron chi connectivity index (χ3n) is 3.77. The van der Waals surface area contributed by atoms with Crippen LogP contribution in [-0.4, -0.2) is 22.0 Å². The van der Waals surface area contributed by atoms with Gasteiger partial charge in [0, 0.05) is 10.5 Å². The number of amides is 1. The maximum Gasteiger partial charge on any atom is 0.289 e. The zero-order chi connectivity index (χ0) is 20.6. The van der Waals surface area contributed by atoms with Crippen LogP contribution < -0.4 is 10.2 Å². The number of carbonyl (C=O) groups is 1. The highest BCUT2D eigenvalue weighted by Crippen LogP contribution is 2.15. The van der Waals surface area contributed by atoms with Crippen LogP contribution in [-0.2, 0) is 6.61 Å². The molecule has 146 valence electrons. The van der Waals surface area contributed by atoms with Gasteiger partial charge in [-0.2, -0.15) is 5.10 Å². The van der Waals surface area contributed by atoms with E-state index in [0.717, 1.165) is 21.8 Å². The number of aromatic nitrogens is 1. The van der Waals surface area contributed by atoms with Crippen molar-refractivity contribution in [3.63, 3.8) is 0 Å². The fraction of sp³-hybridized carbons (Fsp3) is 0.0500. The molecular weight excluding hydrogens is 440 g/mol. The summed E-state index contributed by atoms with van der Waals surface area (Å²) in [5.74, 6) is 0.148. The smallest absolute Gasteiger partial charge is 0.289 e. The molecule has 8 nitrogen and oxygen atoms in total. The van der Waals surface area contributed by atoms with Crippen LogP contribution in [0.25, 0.3) is 0 Å². The van der Waals surface area contributed by atoms with Crippen LogP contribution in [0.4, 0.5) is 5.69 Å². The summed E-state index contributed by atoms with van der Waals surface area (Å²) in [7, 11) is 0. The number of hydrogen-bond donors (Lipinski definition) is 1. The molecule has 0 saturated heterocycles. The summed E-state index contributed by atoms with van der Waals surface area (Å²) >= 11 is 3.39. The maximum absolute atomic E-state index is 11.9. The van der Waals surface area contributed by atoms with Crippen molar-refractivity contribution in [3.8, 4) is 5.75 Å². The molecule has 1 N–H and O–H groups in total. The van der Waals surface area contributed by atoms with E-state index in [9.17, 15) is 14.9 Å². The van der Waals surface area contributed by atoms with Gasteiger partial charge < -0.3 is 4.74 Å². The molecule has 0 atom stereocenters. The molecule has 0 spiro atoms. The highest BCUT2D eigenvalue weighted by Gasteiger charge is 2.10. The first-order valence-corrected chi connectivity index (χ1v) is 9.22. The van der Waals surface area contributed by atoms with Crippen LogP contribution in [0.5, 0.6) is 5.75 Å². The van der Waals surface area contributed by atoms with Crippen molar-refractivity contribution in [1.82, 2.24) is 10.4 Å². The van der Waals surface area contributed by atoms with Gasteiger partial charge in [-0.15, -0.1) is 0 Å². The zero-order valence-electron chi connectivity index (χ0n) is 15.0. The van der Waals surface area contributed by atoms with Crippen molar-refractivity contribution in [2.45, 2.75) is 6.61 Å². The second-order valence-corrected chi connectivity index (χ2v) is 6.76. The molecule has 0 aliphatic heterocycles. The number of hydrogen-bond acceptors (Lipinski definition) is 6. The molecule has 1 amide bonds. The van der Waals surface area contributed by atoms with Crippen LogP contribution in [0.2, 0.25) is 0 Å². The van der Waals surface area contributed by atoms with E-state index in [0.29, 0.717) is 12.4 Å². The first-order valence-electron chi connectivity index (χ1n) is 8.42. The molecule has 0 aliphatic carbocycles. The van der Waals surface area contributed by atoms with Gasteiger partial charge in [0.05, 0.1) is 11.1 Å². The van der Waals surface area contributed by atoms with Crippen molar-refractivity contribution in [3.05, 3.63) is 98.3 Å². The molecule has 2 aromatic carbocycles. The molecule has 0 fully saturated rings. The lowest BCUT2D eigenvalue weighted by atomic mass is 10.2. The summed E-state index contributed by atoms with van der Waals surface area (Å²) in [5.41, 5.74) is 3.99. The average Bonchev–Trinajstić information content (AvgIpc) is 2.74. The average molecular weight is 455 g/mol. The van der Waals surface area contributed by atoms with Gasteiger partial charge in [-0.1, -0.05) is 28.1 Å². The van der Waals surface area contributed by atoms with Gasteiger partial charge in [0.1, 0.15) is 24.2 Å². The molecule has 0 bridgehead atoms. The predicted molar refractivity (Wildman–Crippen MR) is 111 cm³/mol. The zero-order valence-corrected chi connectivity index (χ0v) is 16.6. The third kappa shape index (κ3) is 5.94. The van der Waals surface area contributed by atoms with Crippen molar-refractivity contribution in [1.29, 1.82) is 0 Å². The summed E-state index contributed by atoms with van der Waals surface area (Å²) in [6.07, 6.45) is 2.49. The number of rotatable bonds is 7. The molecule has 29 heavy (non-hydrogen) atoms. The van der Waals surface area contributed by atoms with Crippen molar-refractivity contribution in [2.24, 2.45) is 5.10 Å². The normalized spacial score (nSPS) is 10.7. The Morgan fingerprint density at radius 1 is 1.14 bits per heavy atom. The van der Waals surface area contributed by atoms with E-state index < -0.39 is 10.8 Å². The Morgan fingerprint density at radius 3 is 2.48 bits per heavy atom. The van der Waals surface area contributed by atoms with Gasteiger partial charge >= 0.3 is 0 Å². The molecule has 0 aliphatic rings. The maximum atomic E-state index is 11.9. The highest BCUT2D eigenvalue weighted by molar-refractivity contribution is 9.10. The number of nitrogens with zero attached hydrogens (tertiary/aromatic N) is 3. The molecular formula is C20H15BrN4O4. The van der Waals surface area contributed by atoms with Gasteiger partial charge in [-0.3, -0.25) is 14.9 Å². The number of pyridine rings is 1. The first kappa shape index (κ1) is 20.2. The second-order valence-electron chi connectivity index (χ2n) is 5.84. The van der Waals surface area contributed by atoms with Crippen LogP contribution in [0.3, 0.4) is 0 Å². The van der Waals surface area contributed by atoms with E-state index in [1.165, 1.54) is 18.3 Å². The third-order valence-corrected chi connectivity index (χ3v) is 4.30. The molecule has 1 aromatic heterocycles. The standard InChI is InChI=1S/C20H15BrN4O4/c21-16-5-1-15(2-6-16)13-29-18-8-3-14(4-9-18)11-23-24-20(26)19-10-7-17(12-22-19)25(27)28/h1-12H,13H2,(H,24,26)/b23-11+. The summed E-state index contributed by atoms with van der Waals surface area (Å²) < 4.78 is 6.74. The fourth-order valence-electron chi connectivity index (χ4n) is 2.25. The fourth-order valence-corrected chi connectivity index (χ4v) is 2.51. The monoisotopic (exact) mass is 454 g/mol. The van der Waals surface area contributed by atoms with E-state index in [2.05, 4.69) is 31.4 Å². The molecule has 0 radical (unpaired) electrons. The number of benzene rings is 2. The lowest BCUT2D eigenvalue weighted by molar-refractivity contribution is -0.385. The Balaban J connectivity index is 1.50. The van der Waals surface area contributed by atoms with Gasteiger partial charge in [-0.25, -0.2) is 10.4 Å². The topological polar surface area (TPSA) is 107 Å². The number of hydrazone groups is 1. The van der Waals surface area contributed by atoms with E-state index in [-0.39, 0.29) is 11.4 Å². The molecule has 0 unspecified atom stereocenters. The van der Waals surface area contributed by atoms with E-state index >= 15 is 0 Å². The van der Waals surface area contributed by atoms with Crippen molar-refractivity contribution < 1.29 is 14.5 Å². The Kier molecular flexibility index (Phi) is 6.64. The largest absolute Gasteiger partial charge is 0.489 e. The van der Waals surface area contributed by atoms with Crippen LogP contribution >= 0.6 is 15.9 Å². The molecule has 9 heteroatoms. The Bertz CT molecular complexity index is 1020. The minimum atomic E-state index is -0.584. The number of halogens is 1. The van der Waals surface area contributed by atoms with Crippen LogP contribution in [0.15, 0.2) is 76.4 Å². The van der Waals surface area contributed by atoms with Gasteiger partial charge in [-0.05, 0) is 53.6 Å². The summed E-state index contributed by atoms with van der Waals surface area (Å²) in [6, 6.07) is 17.6. The lowest BCUT2D eigenvalue weighted by Gasteiger charge is -2.06. The predicted octanol–water partition coefficient (Wildman–Crippen LogP) is 4.10. The quantitative estimate of drug-likeness (QED) is 0.328. The molecule has 3 aromatic rings. The van der Waals surface area contributed by atoms with Gasteiger partial charge in [0.15, 0.2) is 0 Å². The second kappa shape index (κ2) is 9.56. The minimum absolute atomic E-state index is 0.0319. The Labute approximate surface area is 174 Å². The number of ether oxygens (including phenoxy) is 1. The highest BCUT2D eigenvalue weighted by atomic mass is 79.9. The first-order chi connectivity index (χ1) is 14.0. The van der Waals surface area contributed by atoms with E-state index in [4.69, 9.17) is 4.74 Å². The molecule has 3 rings (SSSR count). The summed E-state index contributed by atoms with van der Waals surface area (Å²) in [6.45, 7) is 0.457. The number of nitro groups is 1. The number of nitrogens with one attached hydrogen (secondary N) is 1. The SMILES string of the molecule is O=C(N/N=C/c1ccc(OCc2ccc(Br)cc2)cc1)c1ccc([N+](=O)[O-])cn1. The van der Waals surface area contributed by atoms with Crippen molar-refractivity contribution >= 4 is 33.7 Å². The van der Waals surface area contributed by atoms with Crippen LogP contribution in [0, 0.1) is 10.1 Å². The molecule has 1 heterocycles. The minimum Gasteiger partial charge on any atom is -0.489 e. The Morgan fingerprint density at radius 2 is 1.86 bits per heavy atom. The van der Waals surface area contributed by atoms with E-state index in [1.807, 2.05) is 24.3 Å². The number of carbonyl (C=O) groups excluding carboxylic acids is 1. The summed E-state index contributed by atoms with van der Waals surface area (Å²) in [4.78, 5) is 25.7. The Hall–Kier alpha value is -3.59. The van der Waals surface area contributed by atoms with Gasteiger partial charge in [0.25, 0.3) is 11.6 Å². The van der Waals surface area contributed by atoms with E-state index in [1.54, 1.807) is 24.3 Å². The lowest BCUT2D eigenvalue weighted by Crippen LogP contribution is -2.18.